The maximum Gasteiger partial charge on any atom is 0.242 e. The van der Waals surface area contributed by atoms with Gasteiger partial charge >= 0.3 is 0 Å². The minimum absolute atomic E-state index is 0.238. The largest absolute Gasteiger partial charge is 0.341 e. The van der Waals surface area contributed by atoms with Crippen molar-refractivity contribution >= 4 is 5.91 Å². The van der Waals surface area contributed by atoms with Gasteiger partial charge < -0.3 is 10.2 Å². The molecule has 1 fully saturated rings. The van der Waals surface area contributed by atoms with Crippen LogP contribution in [0.3, 0.4) is 0 Å². The Morgan fingerprint density at radius 3 is 2.56 bits per heavy atom. The monoisotopic (exact) mass is 226 g/mol. The topological polar surface area (TPSA) is 32.3 Å². The highest BCUT2D eigenvalue weighted by Crippen LogP contribution is 2.29. The molecule has 3 heteroatoms. The van der Waals surface area contributed by atoms with Crippen molar-refractivity contribution in [1.29, 1.82) is 0 Å². The third kappa shape index (κ3) is 3.21. The fourth-order valence-electron chi connectivity index (χ4n) is 2.51. The average Bonchev–Trinajstić information content (AvgIpc) is 2.15. The summed E-state index contributed by atoms with van der Waals surface area (Å²) >= 11 is 0. The molecule has 1 amide bonds. The smallest absolute Gasteiger partial charge is 0.242 e. The number of likely N-dealkylation sites (N-methyl/N-ethyl adjacent to an activating group) is 1. The molecule has 1 rings (SSSR count). The van der Waals surface area contributed by atoms with Gasteiger partial charge in [0.05, 0.1) is 5.54 Å². The number of carbonyl (C=O) groups excluding carboxylic acids is 1. The number of rotatable bonds is 3. The third-order valence-electron chi connectivity index (χ3n) is 3.34. The fraction of sp³-hybridized carbons (Fsp3) is 0.923. The lowest BCUT2D eigenvalue weighted by molar-refractivity contribution is -0.140. The molecular formula is C13H26N2O. The number of nitrogens with one attached hydrogen (secondary N) is 1. The lowest BCUT2D eigenvalue weighted by Gasteiger charge is -2.41. The summed E-state index contributed by atoms with van der Waals surface area (Å²) in [6.45, 7) is 13.1. The lowest BCUT2D eigenvalue weighted by atomic mass is 9.83. The number of hydrogen-bond acceptors (Lipinski definition) is 2. The number of likely N-dealkylation sites (tertiary alicyclic amines) is 1. The van der Waals surface area contributed by atoms with Crippen molar-refractivity contribution in [2.75, 3.05) is 19.6 Å². The highest BCUT2D eigenvalue weighted by Gasteiger charge is 2.35. The van der Waals surface area contributed by atoms with Gasteiger partial charge in [-0.05, 0) is 38.6 Å². The number of piperidine rings is 1. The molecule has 1 aliphatic heterocycles. The van der Waals surface area contributed by atoms with E-state index in [0.717, 1.165) is 26.1 Å². The van der Waals surface area contributed by atoms with E-state index in [1.54, 1.807) is 0 Å². The fourth-order valence-corrected chi connectivity index (χ4v) is 2.51. The second-order valence-corrected chi connectivity index (χ2v) is 6.15. The van der Waals surface area contributed by atoms with Crippen molar-refractivity contribution in [2.45, 2.75) is 53.0 Å². The molecule has 0 aliphatic carbocycles. The van der Waals surface area contributed by atoms with Crippen molar-refractivity contribution < 1.29 is 4.79 Å². The van der Waals surface area contributed by atoms with Crippen molar-refractivity contribution in [2.24, 2.45) is 5.41 Å². The summed E-state index contributed by atoms with van der Waals surface area (Å²) in [7, 11) is 0. The van der Waals surface area contributed by atoms with E-state index >= 15 is 0 Å². The quantitative estimate of drug-likeness (QED) is 0.798. The van der Waals surface area contributed by atoms with E-state index in [-0.39, 0.29) is 11.3 Å². The van der Waals surface area contributed by atoms with Crippen LogP contribution in [0.25, 0.3) is 0 Å². The molecule has 0 atom stereocenters. The van der Waals surface area contributed by atoms with Gasteiger partial charge in [-0.1, -0.05) is 20.8 Å². The van der Waals surface area contributed by atoms with Crippen LogP contribution in [0, 0.1) is 5.41 Å². The van der Waals surface area contributed by atoms with Crippen molar-refractivity contribution in [1.82, 2.24) is 10.2 Å². The number of nitrogens with zero attached hydrogens (tertiary/aromatic N) is 1. The second kappa shape index (κ2) is 4.74. The predicted molar refractivity (Wildman–Crippen MR) is 67.4 cm³/mol. The molecule has 1 saturated heterocycles. The van der Waals surface area contributed by atoms with E-state index < -0.39 is 5.54 Å². The number of hydrogen-bond donors (Lipinski definition) is 1. The van der Waals surface area contributed by atoms with Crippen molar-refractivity contribution in [3.05, 3.63) is 0 Å². The lowest BCUT2D eigenvalue weighted by Crippen LogP contribution is -2.57. The zero-order valence-electron chi connectivity index (χ0n) is 11.4. The van der Waals surface area contributed by atoms with Gasteiger partial charge in [-0.2, -0.15) is 0 Å². The maximum atomic E-state index is 12.4. The van der Waals surface area contributed by atoms with Gasteiger partial charge in [-0.15, -0.1) is 0 Å². The van der Waals surface area contributed by atoms with Crippen molar-refractivity contribution in [3.63, 3.8) is 0 Å². The van der Waals surface area contributed by atoms with Crippen LogP contribution >= 0.6 is 0 Å². The van der Waals surface area contributed by atoms with Crippen LogP contribution < -0.4 is 5.32 Å². The molecule has 1 N–H and O–H groups in total. The Kier molecular flexibility index (Phi) is 4.00. The molecule has 3 nitrogen and oxygen atoms in total. The Bertz CT molecular complexity index is 259. The Labute approximate surface area is 99.6 Å². The first-order valence-corrected chi connectivity index (χ1v) is 6.33. The predicted octanol–water partition coefficient (Wildman–Crippen LogP) is 2.02. The van der Waals surface area contributed by atoms with Crippen LogP contribution in [0.5, 0.6) is 0 Å². The molecule has 0 unspecified atom stereocenters. The summed E-state index contributed by atoms with van der Waals surface area (Å²) in [4.78, 5) is 14.4. The van der Waals surface area contributed by atoms with Gasteiger partial charge in [-0.25, -0.2) is 0 Å². The number of amides is 1. The van der Waals surface area contributed by atoms with E-state index in [1.165, 1.54) is 6.42 Å². The summed E-state index contributed by atoms with van der Waals surface area (Å²) in [5.41, 5.74) is -0.154. The molecule has 0 aromatic heterocycles. The summed E-state index contributed by atoms with van der Waals surface area (Å²) in [5.74, 6) is 0.238. The summed E-state index contributed by atoms with van der Waals surface area (Å²) < 4.78 is 0. The van der Waals surface area contributed by atoms with Gasteiger partial charge in [0.1, 0.15) is 0 Å². The van der Waals surface area contributed by atoms with Gasteiger partial charge in [0, 0.05) is 13.1 Å². The summed E-state index contributed by atoms with van der Waals surface area (Å²) in [5, 5.41) is 3.26. The van der Waals surface area contributed by atoms with Crippen LogP contribution in [-0.2, 0) is 4.79 Å². The molecule has 0 aromatic rings. The first-order valence-electron chi connectivity index (χ1n) is 6.33. The van der Waals surface area contributed by atoms with Crippen LogP contribution in [0.2, 0.25) is 0 Å². The van der Waals surface area contributed by atoms with E-state index in [2.05, 4.69) is 19.2 Å². The first-order chi connectivity index (χ1) is 7.28. The zero-order valence-corrected chi connectivity index (χ0v) is 11.4. The molecule has 1 heterocycles. The molecule has 94 valence electrons. The van der Waals surface area contributed by atoms with Gasteiger partial charge in [-0.3, -0.25) is 4.79 Å². The van der Waals surface area contributed by atoms with E-state index in [0.29, 0.717) is 0 Å². The minimum Gasteiger partial charge on any atom is -0.341 e. The molecule has 0 bridgehead atoms. The summed E-state index contributed by atoms with van der Waals surface area (Å²) in [6.07, 6.45) is 2.35. The molecule has 1 aliphatic rings. The highest BCUT2D eigenvalue weighted by atomic mass is 16.2. The van der Waals surface area contributed by atoms with Crippen molar-refractivity contribution in [3.8, 4) is 0 Å². The van der Waals surface area contributed by atoms with Crippen LogP contribution in [0.4, 0.5) is 0 Å². The Balaban J connectivity index is 2.67. The van der Waals surface area contributed by atoms with E-state index in [9.17, 15) is 4.79 Å². The number of carbonyl (C=O) groups is 1. The van der Waals surface area contributed by atoms with E-state index in [1.807, 2.05) is 25.7 Å². The van der Waals surface area contributed by atoms with Gasteiger partial charge in [0.15, 0.2) is 0 Å². The highest BCUT2D eigenvalue weighted by molar-refractivity contribution is 5.85. The average molecular weight is 226 g/mol. The van der Waals surface area contributed by atoms with Crippen LogP contribution in [-0.4, -0.2) is 36.0 Å². The van der Waals surface area contributed by atoms with E-state index in [4.69, 9.17) is 0 Å². The maximum absolute atomic E-state index is 12.4. The van der Waals surface area contributed by atoms with Gasteiger partial charge in [0.2, 0.25) is 5.91 Å². The minimum atomic E-state index is -0.428. The Morgan fingerprint density at radius 1 is 1.44 bits per heavy atom. The summed E-state index contributed by atoms with van der Waals surface area (Å²) in [6, 6.07) is 0. The second-order valence-electron chi connectivity index (χ2n) is 6.15. The standard InChI is InChI=1S/C13H26N2O/c1-6-14-13(4,5)11(16)15-9-7-8-12(2,3)10-15/h14H,6-10H2,1-5H3. The molecule has 0 spiro atoms. The Morgan fingerprint density at radius 2 is 2.06 bits per heavy atom. The zero-order chi connectivity index (χ0) is 12.4. The van der Waals surface area contributed by atoms with Crippen LogP contribution in [0.15, 0.2) is 0 Å². The van der Waals surface area contributed by atoms with Gasteiger partial charge in [0.25, 0.3) is 0 Å². The van der Waals surface area contributed by atoms with Crippen LogP contribution in [0.1, 0.15) is 47.5 Å². The molecule has 0 saturated carbocycles. The molecular weight excluding hydrogens is 200 g/mol. The molecule has 16 heavy (non-hydrogen) atoms. The SMILES string of the molecule is CCNC(C)(C)C(=O)N1CCCC(C)(C)C1. The first kappa shape index (κ1) is 13.5. The molecule has 0 aromatic carbocycles. The third-order valence-corrected chi connectivity index (χ3v) is 3.34. The molecule has 0 radical (unpaired) electrons. The Hall–Kier alpha value is -0.570. The normalized spacial score (nSPS) is 20.9.